The van der Waals surface area contributed by atoms with Crippen molar-refractivity contribution in [3.63, 3.8) is 0 Å². The Hall–Kier alpha value is -1.88. The molecule has 0 radical (unpaired) electrons. The first-order chi connectivity index (χ1) is 17.3. The van der Waals surface area contributed by atoms with Crippen molar-refractivity contribution in [3.8, 4) is 0 Å². The summed E-state index contributed by atoms with van der Waals surface area (Å²) < 4.78 is 4.76. The number of morpholine rings is 1. The second-order valence-electron chi connectivity index (χ2n) is 10.3. The van der Waals surface area contributed by atoms with Crippen molar-refractivity contribution < 1.29 is 24.2 Å². The molecule has 4 heterocycles. The summed E-state index contributed by atoms with van der Waals surface area (Å²) >= 11 is 1.66. The average molecular weight is 521 g/mol. The van der Waals surface area contributed by atoms with Gasteiger partial charge in [-0.3, -0.25) is 19.3 Å². The zero-order chi connectivity index (χ0) is 26.0. The largest absolute Gasteiger partial charge is 0.395 e. The van der Waals surface area contributed by atoms with Crippen molar-refractivity contribution in [2.45, 2.75) is 29.4 Å². The second-order valence-corrected chi connectivity index (χ2v) is 11.9. The summed E-state index contributed by atoms with van der Waals surface area (Å²) in [5.41, 5.74) is 0. The third-order valence-corrected chi connectivity index (χ3v) is 10.4. The number of amides is 3. The highest BCUT2D eigenvalue weighted by Crippen LogP contribution is 2.68. The number of likely N-dealkylation sites (N-methyl/N-ethyl adjacent to an activating group) is 1. The monoisotopic (exact) mass is 520 g/mol. The van der Waals surface area contributed by atoms with E-state index in [1.807, 2.05) is 0 Å². The summed E-state index contributed by atoms with van der Waals surface area (Å²) in [6.07, 6.45) is 4.19. The number of aliphatic hydroxyl groups is 1. The Balaban J connectivity index is 1.65. The van der Waals surface area contributed by atoms with E-state index in [1.54, 1.807) is 45.7 Å². The highest BCUT2D eigenvalue weighted by Gasteiger charge is 2.76. The first-order valence-electron chi connectivity index (χ1n) is 13.0. The van der Waals surface area contributed by atoms with E-state index in [0.29, 0.717) is 32.8 Å². The Morgan fingerprint density at radius 2 is 1.89 bits per heavy atom. The van der Waals surface area contributed by atoms with Crippen molar-refractivity contribution in [3.05, 3.63) is 25.3 Å². The maximum atomic E-state index is 14.3. The number of fused-ring (bicyclic) bond motifs is 1. The van der Waals surface area contributed by atoms with Crippen LogP contribution >= 0.6 is 11.8 Å². The molecule has 0 aromatic carbocycles. The van der Waals surface area contributed by atoms with Gasteiger partial charge < -0.3 is 24.5 Å². The van der Waals surface area contributed by atoms with E-state index in [2.05, 4.69) is 25.0 Å². The molecule has 200 valence electrons. The van der Waals surface area contributed by atoms with Gasteiger partial charge in [-0.2, -0.15) is 0 Å². The number of aliphatic hydroxyl groups excluding tert-OH is 1. The highest BCUT2D eigenvalue weighted by molar-refractivity contribution is 8.02. The molecule has 9 nitrogen and oxygen atoms in total. The number of hydrogen-bond donors (Lipinski definition) is 1. The average Bonchev–Trinajstić information content (AvgIpc) is 3.46. The van der Waals surface area contributed by atoms with Gasteiger partial charge in [0, 0.05) is 58.1 Å². The van der Waals surface area contributed by atoms with Gasteiger partial charge in [-0.15, -0.1) is 24.9 Å². The number of carbonyl (C=O) groups excluding carboxylic acids is 3. The predicted octanol–water partition coefficient (Wildman–Crippen LogP) is 0.307. The summed E-state index contributed by atoms with van der Waals surface area (Å²) in [6, 6.07) is -0.709. The van der Waals surface area contributed by atoms with Crippen molar-refractivity contribution >= 4 is 29.5 Å². The fraction of sp³-hybridized carbons (Fsp3) is 0.731. The van der Waals surface area contributed by atoms with Gasteiger partial charge in [-0.05, 0) is 12.3 Å². The molecule has 1 spiro atoms. The molecular weight excluding hydrogens is 480 g/mol. The van der Waals surface area contributed by atoms with Crippen molar-refractivity contribution in [1.82, 2.24) is 19.6 Å². The molecule has 2 bridgehead atoms. The van der Waals surface area contributed by atoms with Crippen LogP contribution in [0.4, 0.5) is 0 Å². The summed E-state index contributed by atoms with van der Waals surface area (Å²) in [5.74, 6) is -1.30. The Morgan fingerprint density at radius 1 is 1.19 bits per heavy atom. The quantitative estimate of drug-likeness (QED) is 0.392. The number of nitrogens with zero attached hydrogens (tertiary/aromatic N) is 4. The van der Waals surface area contributed by atoms with Crippen molar-refractivity contribution in [1.29, 1.82) is 0 Å². The number of rotatable bonds is 11. The van der Waals surface area contributed by atoms with Crippen LogP contribution in [-0.2, 0) is 19.1 Å². The maximum Gasteiger partial charge on any atom is 0.247 e. The lowest BCUT2D eigenvalue weighted by Crippen LogP contribution is -2.58. The molecule has 4 fully saturated rings. The molecule has 3 unspecified atom stereocenters. The molecule has 3 amide bonds. The van der Waals surface area contributed by atoms with Gasteiger partial charge in [-0.25, -0.2) is 0 Å². The summed E-state index contributed by atoms with van der Waals surface area (Å²) in [5, 5.41) is 9.84. The third-order valence-electron chi connectivity index (χ3n) is 8.34. The minimum atomic E-state index is -0.709. The fourth-order valence-corrected chi connectivity index (χ4v) is 9.08. The first-order valence-corrected chi connectivity index (χ1v) is 13.8. The predicted molar refractivity (Wildman–Crippen MR) is 139 cm³/mol. The standard InChI is InChI=1S/C26H40N4O5S/c1-5-7-27(4)23(32)20-19-17-18(3)26(36-19)21(20)24(33)30(11-14-31)22(26)25(34)29(8-6-2)10-9-28-12-15-35-16-13-28/h5-6,18-22,31H,1-2,7-17H2,3-4H3/t18?,19-,20+,21+,22?,26?/m1/s1. The van der Waals surface area contributed by atoms with E-state index in [9.17, 15) is 19.5 Å². The zero-order valence-electron chi connectivity index (χ0n) is 21.5. The maximum absolute atomic E-state index is 14.3. The molecule has 4 rings (SSSR count). The van der Waals surface area contributed by atoms with Gasteiger partial charge in [0.2, 0.25) is 17.7 Å². The molecule has 4 saturated heterocycles. The molecule has 6 atom stereocenters. The van der Waals surface area contributed by atoms with Crippen LogP contribution in [0, 0.1) is 17.8 Å². The molecule has 10 heteroatoms. The molecular formula is C26H40N4O5S. The van der Waals surface area contributed by atoms with Crippen molar-refractivity contribution in [2.75, 3.05) is 72.7 Å². The number of hydrogen-bond acceptors (Lipinski definition) is 7. The smallest absolute Gasteiger partial charge is 0.247 e. The highest BCUT2D eigenvalue weighted by atomic mass is 32.2. The SMILES string of the molecule is C=CCN(C)C(=O)[C@@H]1[C@H]2C(=O)N(CCO)C(C(=O)N(CC=C)CCN3CCOCC3)C23S[C@@H]1CC3C. The summed E-state index contributed by atoms with van der Waals surface area (Å²) in [6.45, 7) is 14.6. The van der Waals surface area contributed by atoms with Crippen LogP contribution in [-0.4, -0.2) is 131 Å². The minimum Gasteiger partial charge on any atom is -0.395 e. The van der Waals surface area contributed by atoms with Gasteiger partial charge in [-0.1, -0.05) is 19.1 Å². The van der Waals surface area contributed by atoms with Gasteiger partial charge in [0.05, 0.1) is 36.4 Å². The topological polar surface area (TPSA) is 93.6 Å². The lowest BCUT2D eigenvalue weighted by atomic mass is 9.65. The van der Waals surface area contributed by atoms with E-state index < -0.39 is 22.6 Å². The molecule has 0 aromatic heterocycles. The molecule has 36 heavy (non-hydrogen) atoms. The van der Waals surface area contributed by atoms with Crippen LogP contribution in [0.2, 0.25) is 0 Å². The fourth-order valence-electron chi connectivity index (χ4n) is 6.67. The number of thioether (sulfide) groups is 1. The van der Waals surface area contributed by atoms with E-state index in [1.165, 1.54) is 0 Å². The van der Waals surface area contributed by atoms with Gasteiger partial charge in [0.1, 0.15) is 6.04 Å². The third kappa shape index (κ3) is 4.50. The molecule has 0 aliphatic carbocycles. The van der Waals surface area contributed by atoms with Crippen LogP contribution in [0.15, 0.2) is 25.3 Å². The van der Waals surface area contributed by atoms with Crippen LogP contribution in [0.3, 0.4) is 0 Å². The van der Waals surface area contributed by atoms with E-state index >= 15 is 0 Å². The molecule has 0 saturated carbocycles. The van der Waals surface area contributed by atoms with Gasteiger partial charge >= 0.3 is 0 Å². The van der Waals surface area contributed by atoms with E-state index in [0.717, 1.165) is 26.1 Å². The Labute approximate surface area is 218 Å². The molecule has 4 aliphatic rings. The van der Waals surface area contributed by atoms with Crippen LogP contribution < -0.4 is 0 Å². The van der Waals surface area contributed by atoms with Crippen LogP contribution in [0.5, 0.6) is 0 Å². The Morgan fingerprint density at radius 3 is 2.53 bits per heavy atom. The number of likely N-dealkylation sites (tertiary alicyclic amines) is 1. The normalized spacial score (nSPS) is 33.5. The van der Waals surface area contributed by atoms with Crippen molar-refractivity contribution in [2.24, 2.45) is 17.8 Å². The molecule has 0 aromatic rings. The molecule has 1 N–H and O–H groups in total. The first kappa shape index (κ1) is 27.2. The summed E-state index contributed by atoms with van der Waals surface area (Å²) in [7, 11) is 1.74. The lowest BCUT2D eigenvalue weighted by molar-refractivity contribution is -0.144. The van der Waals surface area contributed by atoms with E-state index in [4.69, 9.17) is 4.74 Å². The number of β-amino-alcohol motifs (C(OH)–C–C–N with tert-alkyl or cyclic N) is 1. The van der Waals surface area contributed by atoms with Crippen LogP contribution in [0.25, 0.3) is 0 Å². The minimum absolute atomic E-state index is 0.00139. The second kappa shape index (κ2) is 11.2. The lowest BCUT2D eigenvalue weighted by Gasteiger charge is -2.41. The van der Waals surface area contributed by atoms with E-state index in [-0.39, 0.29) is 42.0 Å². The Bertz CT molecular complexity index is 880. The zero-order valence-corrected chi connectivity index (χ0v) is 22.3. The van der Waals surface area contributed by atoms with Gasteiger partial charge in [0.25, 0.3) is 0 Å². The molecule has 4 aliphatic heterocycles. The number of carbonyl (C=O) groups is 3. The summed E-state index contributed by atoms with van der Waals surface area (Å²) in [4.78, 5) is 48.9. The Kier molecular flexibility index (Phi) is 8.49. The van der Waals surface area contributed by atoms with Crippen LogP contribution in [0.1, 0.15) is 13.3 Å². The van der Waals surface area contributed by atoms with Gasteiger partial charge in [0.15, 0.2) is 0 Å². The number of ether oxygens (including phenoxy) is 1.